The summed E-state index contributed by atoms with van der Waals surface area (Å²) in [7, 11) is 1.43. The smallest absolute Gasteiger partial charge is 0.324 e. The Balaban J connectivity index is 1.80. The van der Waals surface area contributed by atoms with Gasteiger partial charge in [-0.1, -0.05) is 18.2 Å². The molecule has 0 spiro atoms. The van der Waals surface area contributed by atoms with E-state index in [9.17, 15) is 4.79 Å². The summed E-state index contributed by atoms with van der Waals surface area (Å²) < 4.78 is 8.89. The third kappa shape index (κ3) is 3.78. The van der Waals surface area contributed by atoms with Crippen molar-refractivity contribution < 1.29 is 14.4 Å². The molecule has 0 radical (unpaired) electrons. The monoisotopic (exact) mass is 380 g/mol. The van der Waals surface area contributed by atoms with Crippen molar-refractivity contribution >= 4 is 29.9 Å². The lowest BCUT2D eigenvalue weighted by molar-refractivity contribution is -0.921. The Bertz CT molecular complexity index is 812. The Kier molecular flexibility index (Phi) is 5.55. The van der Waals surface area contributed by atoms with Crippen LogP contribution in [0.15, 0.2) is 18.2 Å². The normalized spacial score (nSPS) is 20.4. The third-order valence-corrected chi connectivity index (χ3v) is 5.96. The number of para-hydroxylation sites is 1. The first-order valence-electron chi connectivity index (χ1n) is 8.13. The van der Waals surface area contributed by atoms with E-state index < -0.39 is 0 Å². The zero-order chi connectivity index (χ0) is 18.0. The first kappa shape index (κ1) is 18.1. The van der Waals surface area contributed by atoms with E-state index in [2.05, 4.69) is 10.4 Å². The molecular weight excluding hydrogens is 358 g/mol. The second kappa shape index (κ2) is 7.67. The second-order valence-electron chi connectivity index (χ2n) is 6.16. The van der Waals surface area contributed by atoms with Crippen LogP contribution in [0.25, 0.3) is 5.69 Å². The lowest BCUT2D eigenvalue weighted by Crippen LogP contribution is -3.14. The number of methoxy groups -OCH3 is 1. The molecule has 1 saturated heterocycles. The number of rotatable bonds is 4. The number of benzene rings is 1. The van der Waals surface area contributed by atoms with Crippen molar-refractivity contribution in [2.45, 2.75) is 25.8 Å². The molecular formula is C16H22N5O2S2+. The molecule has 1 aromatic heterocycles. The van der Waals surface area contributed by atoms with Gasteiger partial charge in [0, 0.05) is 5.75 Å². The topological polar surface area (TPSA) is 66.4 Å². The number of tetrazole rings is 1. The maximum Gasteiger partial charge on any atom is 0.324 e. The fourth-order valence-electron chi connectivity index (χ4n) is 3.06. The van der Waals surface area contributed by atoms with Gasteiger partial charge < -0.3 is 9.64 Å². The molecule has 0 saturated carbocycles. The van der Waals surface area contributed by atoms with Crippen LogP contribution in [0.3, 0.4) is 0 Å². The van der Waals surface area contributed by atoms with E-state index in [1.54, 1.807) is 21.1 Å². The zero-order valence-corrected chi connectivity index (χ0v) is 16.2. The lowest BCUT2D eigenvalue weighted by Gasteiger charge is -2.27. The molecule has 2 aromatic rings. The summed E-state index contributed by atoms with van der Waals surface area (Å²) in [5, 5.41) is 8.37. The number of aromatic nitrogens is 4. The maximum atomic E-state index is 11.8. The third-order valence-electron chi connectivity index (χ3n) is 4.38. The maximum absolute atomic E-state index is 11.8. The SMILES string of the molecule is COC(=O)[C@@H]1C[NH+](Cn2nnn(-c3c(C)cccc3C)c2=S)CCS1. The number of thioether (sulfide) groups is 1. The molecule has 25 heavy (non-hydrogen) atoms. The van der Waals surface area contributed by atoms with Crippen LogP contribution in [-0.4, -0.2) is 57.0 Å². The number of hydrogen-bond donors (Lipinski definition) is 1. The minimum Gasteiger partial charge on any atom is -0.468 e. The summed E-state index contributed by atoms with van der Waals surface area (Å²) in [6.45, 7) is 6.33. The molecule has 7 nitrogen and oxygen atoms in total. The summed E-state index contributed by atoms with van der Waals surface area (Å²) in [5.41, 5.74) is 3.20. The first-order valence-corrected chi connectivity index (χ1v) is 9.59. The average molecular weight is 381 g/mol. The van der Waals surface area contributed by atoms with E-state index in [0.717, 1.165) is 29.1 Å². The van der Waals surface area contributed by atoms with Gasteiger partial charge in [0.25, 0.3) is 0 Å². The lowest BCUT2D eigenvalue weighted by atomic mass is 10.1. The number of nitrogens with zero attached hydrogens (tertiary/aromatic N) is 4. The number of ether oxygens (including phenoxy) is 1. The fraction of sp³-hybridized carbons (Fsp3) is 0.500. The number of nitrogens with one attached hydrogen (secondary N) is 1. The van der Waals surface area contributed by atoms with Gasteiger partial charge in [0.2, 0.25) is 4.77 Å². The van der Waals surface area contributed by atoms with Crippen molar-refractivity contribution in [1.29, 1.82) is 0 Å². The van der Waals surface area contributed by atoms with Gasteiger partial charge in [-0.2, -0.15) is 9.36 Å². The Morgan fingerprint density at radius 3 is 2.80 bits per heavy atom. The van der Waals surface area contributed by atoms with Crippen molar-refractivity contribution in [3.63, 3.8) is 0 Å². The molecule has 1 aliphatic heterocycles. The predicted octanol–water partition coefficient (Wildman–Crippen LogP) is 0.546. The van der Waals surface area contributed by atoms with Crippen LogP contribution >= 0.6 is 24.0 Å². The molecule has 0 amide bonds. The molecule has 1 fully saturated rings. The summed E-state index contributed by atoms with van der Waals surface area (Å²) in [6.07, 6.45) is 0. The Hall–Kier alpha value is -1.71. The number of carbonyl (C=O) groups excluding carboxylic acids is 1. The summed E-state index contributed by atoms with van der Waals surface area (Å²) >= 11 is 7.24. The Labute approximate surface area is 155 Å². The minimum absolute atomic E-state index is 0.128. The van der Waals surface area contributed by atoms with E-state index in [0.29, 0.717) is 18.0 Å². The molecule has 1 aliphatic rings. The zero-order valence-electron chi connectivity index (χ0n) is 14.6. The molecule has 134 valence electrons. The number of esters is 1. The molecule has 2 heterocycles. The second-order valence-corrected chi connectivity index (χ2v) is 7.83. The van der Waals surface area contributed by atoms with E-state index in [1.807, 2.05) is 32.0 Å². The summed E-state index contributed by atoms with van der Waals surface area (Å²) in [4.78, 5) is 13.0. The van der Waals surface area contributed by atoms with Crippen molar-refractivity contribution in [1.82, 2.24) is 19.8 Å². The number of carbonyl (C=O) groups is 1. The Morgan fingerprint density at radius 2 is 2.12 bits per heavy atom. The van der Waals surface area contributed by atoms with Crippen molar-refractivity contribution in [3.05, 3.63) is 34.1 Å². The van der Waals surface area contributed by atoms with Crippen LogP contribution in [0, 0.1) is 18.6 Å². The standard InChI is InChI=1S/C16H21N5O2S2/c1-11-5-4-6-12(2)14(11)21-16(24)20(17-18-21)10-19-7-8-25-13(9-19)15(22)23-3/h4-6,13H,7-10H2,1-3H3/p+1/t13-/m0/s1. The molecule has 0 aliphatic carbocycles. The molecule has 1 N–H and O–H groups in total. The largest absolute Gasteiger partial charge is 0.468 e. The van der Waals surface area contributed by atoms with Crippen LogP contribution in [0.4, 0.5) is 0 Å². The van der Waals surface area contributed by atoms with Crippen molar-refractivity contribution in [2.75, 3.05) is 26.0 Å². The number of aryl methyl sites for hydroxylation is 2. The van der Waals surface area contributed by atoms with Crippen LogP contribution in [0.5, 0.6) is 0 Å². The highest BCUT2D eigenvalue weighted by molar-refractivity contribution is 8.00. The highest BCUT2D eigenvalue weighted by atomic mass is 32.2. The van der Waals surface area contributed by atoms with E-state index >= 15 is 0 Å². The van der Waals surface area contributed by atoms with Crippen LogP contribution in [-0.2, 0) is 16.2 Å². The van der Waals surface area contributed by atoms with Crippen LogP contribution in [0.2, 0.25) is 0 Å². The fourth-order valence-corrected chi connectivity index (χ4v) is 4.57. The Morgan fingerprint density at radius 1 is 1.40 bits per heavy atom. The number of hydrogen-bond acceptors (Lipinski definition) is 6. The van der Waals surface area contributed by atoms with Gasteiger partial charge >= 0.3 is 5.97 Å². The van der Waals surface area contributed by atoms with Gasteiger partial charge in [-0.25, -0.2) is 0 Å². The van der Waals surface area contributed by atoms with Gasteiger partial charge in [-0.15, -0.1) is 11.8 Å². The molecule has 2 atom stereocenters. The summed E-state index contributed by atoms with van der Waals surface area (Å²) in [6, 6.07) is 6.10. The minimum atomic E-state index is -0.162. The van der Waals surface area contributed by atoms with Gasteiger partial charge in [0.05, 0.1) is 19.3 Å². The molecule has 1 unspecified atom stereocenters. The number of quaternary nitrogens is 1. The van der Waals surface area contributed by atoms with Gasteiger partial charge in [0.1, 0.15) is 6.54 Å². The van der Waals surface area contributed by atoms with Crippen LogP contribution in [0.1, 0.15) is 11.1 Å². The van der Waals surface area contributed by atoms with E-state index in [4.69, 9.17) is 17.0 Å². The highest BCUT2D eigenvalue weighted by Crippen LogP contribution is 2.17. The average Bonchev–Trinajstić information content (AvgIpc) is 2.95. The van der Waals surface area contributed by atoms with E-state index in [-0.39, 0.29) is 11.2 Å². The quantitative estimate of drug-likeness (QED) is 0.617. The highest BCUT2D eigenvalue weighted by Gasteiger charge is 2.30. The van der Waals surface area contributed by atoms with E-state index in [1.165, 1.54) is 12.0 Å². The first-order chi connectivity index (χ1) is 12.0. The van der Waals surface area contributed by atoms with Gasteiger partial charge in [-0.3, -0.25) is 4.79 Å². The molecule has 1 aromatic carbocycles. The van der Waals surface area contributed by atoms with Crippen molar-refractivity contribution in [3.8, 4) is 5.69 Å². The van der Waals surface area contributed by atoms with Gasteiger partial charge in [0.15, 0.2) is 11.9 Å². The predicted molar refractivity (Wildman–Crippen MR) is 98.6 cm³/mol. The molecule has 0 bridgehead atoms. The van der Waals surface area contributed by atoms with Crippen LogP contribution < -0.4 is 4.90 Å². The van der Waals surface area contributed by atoms with Gasteiger partial charge in [-0.05, 0) is 47.6 Å². The molecule has 3 rings (SSSR count). The van der Waals surface area contributed by atoms with Crippen molar-refractivity contribution in [2.24, 2.45) is 0 Å². The molecule has 9 heteroatoms. The summed E-state index contributed by atoms with van der Waals surface area (Å²) in [5.74, 6) is 0.748.